The molecular weight excluding hydrogens is 232 g/mol. The summed E-state index contributed by atoms with van der Waals surface area (Å²) >= 11 is 1.90. The van der Waals surface area contributed by atoms with Crippen molar-refractivity contribution >= 4 is 17.7 Å². The Morgan fingerprint density at radius 2 is 2.24 bits per heavy atom. The first-order chi connectivity index (χ1) is 8.29. The summed E-state index contributed by atoms with van der Waals surface area (Å²) in [5.74, 6) is 2.46. The fourth-order valence-corrected chi connectivity index (χ4v) is 3.24. The quantitative estimate of drug-likeness (QED) is 0.712. The van der Waals surface area contributed by atoms with Gasteiger partial charge in [-0.1, -0.05) is 13.3 Å². The molecule has 1 saturated heterocycles. The highest BCUT2D eigenvalue weighted by molar-refractivity contribution is 7.99. The Morgan fingerprint density at radius 1 is 1.41 bits per heavy atom. The highest BCUT2D eigenvalue weighted by atomic mass is 32.2. The van der Waals surface area contributed by atoms with Crippen LogP contribution >= 0.6 is 11.8 Å². The number of hydrogen-bond donors (Lipinski definition) is 1. The molecule has 1 unspecified atom stereocenters. The van der Waals surface area contributed by atoms with Gasteiger partial charge in [0.05, 0.1) is 0 Å². The van der Waals surface area contributed by atoms with E-state index in [1.807, 2.05) is 16.7 Å². The van der Waals surface area contributed by atoms with Crippen LogP contribution in [0.5, 0.6) is 0 Å². The number of piperidine rings is 1. The van der Waals surface area contributed by atoms with Crippen LogP contribution in [0.2, 0.25) is 0 Å². The average molecular weight is 258 g/mol. The third-order valence-electron chi connectivity index (χ3n) is 3.32. The Balaban J connectivity index is 2.20. The molecule has 1 aliphatic heterocycles. The van der Waals surface area contributed by atoms with Gasteiger partial charge in [-0.05, 0) is 31.4 Å². The van der Waals surface area contributed by atoms with Crippen molar-refractivity contribution in [1.29, 1.82) is 0 Å². The smallest absolute Gasteiger partial charge is 0.223 e. The van der Waals surface area contributed by atoms with E-state index in [-0.39, 0.29) is 0 Å². The predicted octanol–water partition coefficient (Wildman–Crippen LogP) is 2.25. The molecule has 0 aromatic carbocycles. The van der Waals surface area contributed by atoms with Crippen molar-refractivity contribution in [2.75, 3.05) is 24.6 Å². The molecule has 4 heteroatoms. The molecule has 1 amide bonds. The number of carbonyl (C=O) groups excluding carboxylic acids is 1. The fourth-order valence-electron chi connectivity index (χ4n) is 2.23. The molecule has 1 aliphatic rings. The SMILES string of the molecule is CCCCSCCC(=O)N1CCCCC1CN. The molecule has 17 heavy (non-hydrogen) atoms. The van der Waals surface area contributed by atoms with Gasteiger partial charge >= 0.3 is 0 Å². The lowest BCUT2D eigenvalue weighted by Crippen LogP contribution is -2.47. The van der Waals surface area contributed by atoms with Crippen LogP contribution in [0.4, 0.5) is 0 Å². The predicted molar refractivity (Wildman–Crippen MR) is 75.3 cm³/mol. The van der Waals surface area contributed by atoms with E-state index < -0.39 is 0 Å². The van der Waals surface area contributed by atoms with Gasteiger partial charge in [-0.2, -0.15) is 11.8 Å². The topological polar surface area (TPSA) is 46.3 Å². The molecule has 0 aromatic heterocycles. The van der Waals surface area contributed by atoms with Crippen LogP contribution in [0.15, 0.2) is 0 Å². The maximum Gasteiger partial charge on any atom is 0.223 e. The van der Waals surface area contributed by atoms with Crippen LogP contribution in [-0.2, 0) is 4.79 Å². The van der Waals surface area contributed by atoms with Crippen LogP contribution < -0.4 is 5.73 Å². The number of carbonyl (C=O) groups is 1. The van der Waals surface area contributed by atoms with Crippen LogP contribution in [0, 0.1) is 0 Å². The standard InChI is InChI=1S/C13H26N2OS/c1-2-3-9-17-10-7-13(16)15-8-5-4-6-12(15)11-14/h12H,2-11,14H2,1H3. The van der Waals surface area contributed by atoms with E-state index >= 15 is 0 Å². The van der Waals surface area contributed by atoms with E-state index in [4.69, 9.17) is 5.73 Å². The minimum absolute atomic E-state index is 0.303. The Kier molecular flexibility index (Phi) is 7.69. The minimum atomic E-state index is 0.303. The summed E-state index contributed by atoms with van der Waals surface area (Å²) in [6, 6.07) is 0.303. The van der Waals surface area contributed by atoms with E-state index in [0.717, 1.165) is 25.1 Å². The molecule has 0 spiro atoms. The molecular formula is C13H26N2OS. The van der Waals surface area contributed by atoms with Crippen molar-refractivity contribution in [1.82, 2.24) is 4.90 Å². The molecule has 0 aromatic rings. The molecule has 2 N–H and O–H groups in total. The number of rotatable bonds is 7. The van der Waals surface area contributed by atoms with Gasteiger partial charge in [0.1, 0.15) is 0 Å². The van der Waals surface area contributed by atoms with Gasteiger partial charge in [0.25, 0.3) is 0 Å². The fraction of sp³-hybridized carbons (Fsp3) is 0.923. The normalized spacial score (nSPS) is 20.6. The zero-order chi connectivity index (χ0) is 12.5. The van der Waals surface area contributed by atoms with Gasteiger partial charge in [0, 0.05) is 31.3 Å². The van der Waals surface area contributed by atoms with E-state index in [2.05, 4.69) is 6.92 Å². The van der Waals surface area contributed by atoms with Crippen molar-refractivity contribution in [3.05, 3.63) is 0 Å². The van der Waals surface area contributed by atoms with Crippen LogP contribution in [0.25, 0.3) is 0 Å². The van der Waals surface area contributed by atoms with E-state index in [1.54, 1.807) is 0 Å². The summed E-state index contributed by atoms with van der Waals surface area (Å²) in [5.41, 5.74) is 5.73. The van der Waals surface area contributed by atoms with Crippen molar-refractivity contribution in [2.45, 2.75) is 51.5 Å². The second-order valence-corrected chi connectivity index (χ2v) is 5.91. The van der Waals surface area contributed by atoms with Crippen molar-refractivity contribution < 1.29 is 4.79 Å². The zero-order valence-electron chi connectivity index (χ0n) is 11.0. The van der Waals surface area contributed by atoms with Crippen molar-refractivity contribution in [3.8, 4) is 0 Å². The molecule has 100 valence electrons. The van der Waals surface area contributed by atoms with Gasteiger partial charge in [0.15, 0.2) is 0 Å². The Labute approximate surface area is 109 Å². The summed E-state index contributed by atoms with van der Waals surface area (Å²) in [7, 11) is 0. The number of thioether (sulfide) groups is 1. The van der Waals surface area contributed by atoms with Crippen LogP contribution in [-0.4, -0.2) is 41.4 Å². The minimum Gasteiger partial charge on any atom is -0.338 e. The number of likely N-dealkylation sites (tertiary alicyclic amines) is 1. The zero-order valence-corrected chi connectivity index (χ0v) is 11.8. The Morgan fingerprint density at radius 3 is 2.94 bits per heavy atom. The van der Waals surface area contributed by atoms with Gasteiger partial charge in [-0.15, -0.1) is 0 Å². The summed E-state index contributed by atoms with van der Waals surface area (Å²) < 4.78 is 0. The Bertz CT molecular complexity index is 223. The molecule has 1 heterocycles. The molecule has 0 bridgehead atoms. The van der Waals surface area contributed by atoms with Gasteiger partial charge in [-0.25, -0.2) is 0 Å². The molecule has 3 nitrogen and oxygen atoms in total. The molecule has 0 saturated carbocycles. The number of amides is 1. The molecule has 0 radical (unpaired) electrons. The van der Waals surface area contributed by atoms with Crippen molar-refractivity contribution in [3.63, 3.8) is 0 Å². The number of hydrogen-bond acceptors (Lipinski definition) is 3. The summed E-state index contributed by atoms with van der Waals surface area (Å²) in [5, 5.41) is 0. The van der Waals surface area contributed by atoms with Crippen LogP contribution in [0.1, 0.15) is 45.4 Å². The lowest BCUT2D eigenvalue weighted by molar-refractivity contribution is -0.134. The molecule has 1 fully saturated rings. The first kappa shape index (κ1) is 14.8. The van der Waals surface area contributed by atoms with Crippen LogP contribution in [0.3, 0.4) is 0 Å². The first-order valence-electron chi connectivity index (χ1n) is 6.86. The third kappa shape index (κ3) is 5.30. The lowest BCUT2D eigenvalue weighted by Gasteiger charge is -2.35. The number of unbranched alkanes of at least 4 members (excludes halogenated alkanes) is 1. The van der Waals surface area contributed by atoms with Gasteiger partial charge in [0.2, 0.25) is 5.91 Å². The van der Waals surface area contributed by atoms with E-state index in [0.29, 0.717) is 24.9 Å². The Hall–Kier alpha value is -0.220. The summed E-state index contributed by atoms with van der Waals surface area (Å²) in [4.78, 5) is 14.1. The van der Waals surface area contributed by atoms with Crippen molar-refractivity contribution in [2.24, 2.45) is 5.73 Å². The van der Waals surface area contributed by atoms with E-state index in [1.165, 1.54) is 25.0 Å². The molecule has 1 atom stereocenters. The average Bonchev–Trinajstić information content (AvgIpc) is 2.38. The summed E-state index contributed by atoms with van der Waals surface area (Å²) in [6.07, 6.45) is 6.63. The third-order valence-corrected chi connectivity index (χ3v) is 4.39. The monoisotopic (exact) mass is 258 g/mol. The molecule has 1 rings (SSSR count). The maximum absolute atomic E-state index is 12.1. The van der Waals surface area contributed by atoms with Gasteiger partial charge < -0.3 is 10.6 Å². The maximum atomic E-state index is 12.1. The number of nitrogens with zero attached hydrogens (tertiary/aromatic N) is 1. The lowest BCUT2D eigenvalue weighted by atomic mass is 10.0. The van der Waals surface area contributed by atoms with Gasteiger partial charge in [-0.3, -0.25) is 4.79 Å². The summed E-state index contributed by atoms with van der Waals surface area (Å²) in [6.45, 7) is 3.74. The highest BCUT2D eigenvalue weighted by Gasteiger charge is 2.24. The second-order valence-electron chi connectivity index (χ2n) is 4.69. The molecule has 0 aliphatic carbocycles. The number of nitrogens with two attached hydrogens (primary N) is 1. The first-order valence-corrected chi connectivity index (χ1v) is 8.02. The second kappa shape index (κ2) is 8.81. The van der Waals surface area contributed by atoms with E-state index in [9.17, 15) is 4.79 Å². The highest BCUT2D eigenvalue weighted by Crippen LogP contribution is 2.18. The largest absolute Gasteiger partial charge is 0.338 e.